The van der Waals surface area contributed by atoms with E-state index in [-0.39, 0.29) is 5.91 Å². The Morgan fingerprint density at radius 1 is 1.13 bits per heavy atom. The van der Waals surface area contributed by atoms with Crippen LogP contribution in [-0.4, -0.2) is 27.3 Å². The molecule has 7 nitrogen and oxygen atoms in total. The summed E-state index contributed by atoms with van der Waals surface area (Å²) >= 11 is 1.38. The average Bonchev–Trinajstić information content (AvgIpc) is 2.78. The number of benzene rings is 2. The Bertz CT molecular complexity index is 1150. The lowest BCUT2D eigenvalue weighted by molar-refractivity contribution is -0.111. The van der Waals surface area contributed by atoms with E-state index < -0.39 is 0 Å². The maximum atomic E-state index is 11.9. The van der Waals surface area contributed by atoms with Crippen LogP contribution in [0, 0.1) is 11.8 Å². The smallest absolute Gasteiger partial charge is 0.300 e. The van der Waals surface area contributed by atoms with Gasteiger partial charge in [-0.3, -0.25) is 9.79 Å². The first kappa shape index (κ1) is 21.9. The fraction of sp³-hybridized carbons (Fsp3) is 0.130. The van der Waals surface area contributed by atoms with E-state index in [1.807, 2.05) is 60.9 Å². The lowest BCUT2D eigenvalue weighted by atomic mass is 10.1. The monoisotopic (exact) mass is 430 g/mol. The van der Waals surface area contributed by atoms with Crippen molar-refractivity contribution < 1.29 is 4.79 Å². The first-order chi connectivity index (χ1) is 15.1. The van der Waals surface area contributed by atoms with Gasteiger partial charge in [0.15, 0.2) is 5.17 Å². The maximum absolute atomic E-state index is 11.9. The van der Waals surface area contributed by atoms with Crippen molar-refractivity contribution in [3.63, 3.8) is 0 Å². The molecule has 1 amide bonds. The van der Waals surface area contributed by atoms with Gasteiger partial charge in [0.25, 0.3) is 5.91 Å². The molecule has 0 spiro atoms. The molecule has 0 radical (unpaired) electrons. The number of hydrogen-bond donors (Lipinski definition) is 3. The first-order valence-electron chi connectivity index (χ1n) is 9.43. The normalized spacial score (nSPS) is 10.7. The second-order valence-electron chi connectivity index (χ2n) is 6.39. The number of carbonyl (C=O) groups excluding carboxylic acids is 1. The predicted octanol–water partition coefficient (Wildman–Crippen LogP) is 4.03. The third-order valence-corrected chi connectivity index (χ3v) is 4.67. The van der Waals surface area contributed by atoms with Crippen molar-refractivity contribution in [3.05, 3.63) is 66.5 Å². The van der Waals surface area contributed by atoms with Gasteiger partial charge in [-0.05, 0) is 42.9 Å². The summed E-state index contributed by atoms with van der Waals surface area (Å²) in [5.74, 6) is 5.31. The highest BCUT2D eigenvalue weighted by Gasteiger charge is 2.07. The summed E-state index contributed by atoms with van der Waals surface area (Å²) in [6, 6.07) is 17.3. The zero-order valence-corrected chi connectivity index (χ0v) is 18.0. The van der Waals surface area contributed by atoms with Gasteiger partial charge < -0.3 is 16.4 Å². The molecule has 0 unspecified atom stereocenters. The van der Waals surface area contributed by atoms with Crippen LogP contribution in [0.5, 0.6) is 0 Å². The number of amides is 1. The van der Waals surface area contributed by atoms with Gasteiger partial charge in [-0.2, -0.15) is 0 Å². The number of hydrogen-bond acceptors (Lipinski definition) is 6. The quantitative estimate of drug-likeness (QED) is 0.310. The van der Waals surface area contributed by atoms with Crippen molar-refractivity contribution >= 4 is 40.0 Å². The van der Waals surface area contributed by atoms with E-state index in [2.05, 4.69) is 37.4 Å². The molecule has 0 fully saturated rings. The second kappa shape index (κ2) is 10.8. The molecule has 0 aliphatic heterocycles. The van der Waals surface area contributed by atoms with Crippen molar-refractivity contribution in [2.75, 3.05) is 16.9 Å². The van der Waals surface area contributed by atoms with Crippen LogP contribution in [-0.2, 0) is 11.3 Å². The maximum Gasteiger partial charge on any atom is 0.300 e. The highest BCUT2D eigenvalue weighted by Crippen LogP contribution is 2.25. The van der Waals surface area contributed by atoms with Crippen molar-refractivity contribution in [2.24, 2.45) is 10.7 Å². The largest absolute Gasteiger partial charge is 0.379 e. The Morgan fingerprint density at radius 2 is 1.90 bits per heavy atom. The Balaban J connectivity index is 1.90. The molecule has 4 N–H and O–H groups in total. The second-order valence-corrected chi connectivity index (χ2v) is 7.21. The third kappa shape index (κ3) is 6.59. The van der Waals surface area contributed by atoms with E-state index in [0.717, 1.165) is 22.5 Å². The summed E-state index contributed by atoms with van der Waals surface area (Å²) in [4.78, 5) is 24.9. The molecule has 8 heteroatoms. The minimum Gasteiger partial charge on any atom is -0.379 e. The number of rotatable bonds is 6. The molecule has 3 aromatic rings. The molecule has 0 saturated heterocycles. The molecule has 2 aromatic carbocycles. The number of anilines is 3. The van der Waals surface area contributed by atoms with Crippen LogP contribution in [0.1, 0.15) is 12.5 Å². The standard InChI is InChI=1S/C23H22N6OS/c1-3-7-22(30)29-19-11-16(14-25-23(24)31-2)10-18(12-19)28-21-13-20(26-15-27-21)17-8-5-4-6-9-17/h4-6,8-13,15H,14H2,1-2H3,(H2,24,25)(H,29,30)(H,26,27,28). The van der Waals surface area contributed by atoms with Crippen molar-refractivity contribution in [1.29, 1.82) is 0 Å². The van der Waals surface area contributed by atoms with Gasteiger partial charge in [-0.15, -0.1) is 0 Å². The van der Waals surface area contributed by atoms with Gasteiger partial charge in [0.05, 0.1) is 12.2 Å². The fourth-order valence-electron chi connectivity index (χ4n) is 2.78. The molecule has 0 aliphatic rings. The minimum absolute atomic E-state index is 0.379. The zero-order chi connectivity index (χ0) is 22.1. The SMILES string of the molecule is CC#CC(=O)Nc1cc(CN=C(N)SC)cc(Nc2cc(-c3ccccc3)ncn2)c1. The molecule has 0 atom stereocenters. The Kier molecular flexibility index (Phi) is 7.62. The molecular formula is C23H22N6OS. The Morgan fingerprint density at radius 3 is 2.65 bits per heavy atom. The van der Waals surface area contributed by atoms with E-state index in [9.17, 15) is 4.79 Å². The highest BCUT2D eigenvalue weighted by molar-refractivity contribution is 8.13. The molecule has 1 heterocycles. The number of aliphatic imine (C=N–C) groups is 1. The summed E-state index contributed by atoms with van der Waals surface area (Å²) in [5, 5.41) is 6.55. The van der Waals surface area contributed by atoms with Crippen LogP contribution >= 0.6 is 11.8 Å². The Labute approximate surface area is 185 Å². The first-order valence-corrected chi connectivity index (χ1v) is 10.7. The van der Waals surface area contributed by atoms with Crippen molar-refractivity contribution in [2.45, 2.75) is 13.5 Å². The van der Waals surface area contributed by atoms with E-state index >= 15 is 0 Å². The van der Waals surface area contributed by atoms with Gasteiger partial charge in [0, 0.05) is 23.0 Å². The van der Waals surface area contributed by atoms with Gasteiger partial charge in [-0.25, -0.2) is 9.97 Å². The molecular weight excluding hydrogens is 408 g/mol. The molecule has 0 aliphatic carbocycles. The summed E-state index contributed by atoms with van der Waals surface area (Å²) in [6.45, 7) is 1.99. The number of aromatic nitrogens is 2. The van der Waals surface area contributed by atoms with Gasteiger partial charge in [0.1, 0.15) is 12.1 Å². The number of carbonyl (C=O) groups is 1. The molecule has 1 aromatic heterocycles. The number of nitrogens with two attached hydrogens (primary N) is 1. The molecule has 3 rings (SSSR count). The van der Waals surface area contributed by atoms with Gasteiger partial charge in [-0.1, -0.05) is 48.0 Å². The minimum atomic E-state index is -0.383. The summed E-state index contributed by atoms with van der Waals surface area (Å²) in [7, 11) is 0. The van der Waals surface area contributed by atoms with Crippen molar-refractivity contribution in [3.8, 4) is 23.1 Å². The van der Waals surface area contributed by atoms with Gasteiger partial charge in [0.2, 0.25) is 0 Å². The molecule has 156 valence electrons. The van der Waals surface area contributed by atoms with Crippen molar-refractivity contribution in [1.82, 2.24) is 9.97 Å². The summed E-state index contributed by atoms with van der Waals surface area (Å²) in [5.41, 5.74) is 9.82. The van der Waals surface area contributed by atoms with Crippen LogP contribution in [0.15, 0.2) is 65.9 Å². The van der Waals surface area contributed by atoms with Crippen LogP contribution < -0.4 is 16.4 Å². The lowest BCUT2D eigenvalue weighted by Crippen LogP contribution is -2.09. The summed E-state index contributed by atoms with van der Waals surface area (Å²) in [6.07, 6.45) is 3.38. The van der Waals surface area contributed by atoms with Gasteiger partial charge >= 0.3 is 0 Å². The number of nitrogens with one attached hydrogen (secondary N) is 2. The van der Waals surface area contributed by atoms with Crippen LogP contribution in [0.4, 0.5) is 17.2 Å². The predicted molar refractivity (Wildman–Crippen MR) is 128 cm³/mol. The van der Waals surface area contributed by atoms with E-state index in [4.69, 9.17) is 5.73 Å². The fourth-order valence-corrected chi connectivity index (χ4v) is 2.97. The van der Waals surface area contributed by atoms with E-state index in [0.29, 0.717) is 23.2 Å². The number of thioether (sulfide) groups is 1. The molecule has 31 heavy (non-hydrogen) atoms. The third-order valence-electron chi connectivity index (χ3n) is 4.12. The van der Waals surface area contributed by atoms with E-state index in [1.54, 1.807) is 6.92 Å². The zero-order valence-electron chi connectivity index (χ0n) is 17.2. The van der Waals surface area contributed by atoms with Crippen LogP contribution in [0.2, 0.25) is 0 Å². The number of nitrogens with zero attached hydrogens (tertiary/aromatic N) is 3. The number of amidine groups is 1. The van der Waals surface area contributed by atoms with Crippen LogP contribution in [0.3, 0.4) is 0 Å². The molecule has 0 bridgehead atoms. The van der Waals surface area contributed by atoms with E-state index in [1.165, 1.54) is 18.1 Å². The molecule has 0 saturated carbocycles. The highest BCUT2D eigenvalue weighted by atomic mass is 32.2. The average molecular weight is 431 g/mol. The topological polar surface area (TPSA) is 105 Å². The Hall–Kier alpha value is -3.83. The summed E-state index contributed by atoms with van der Waals surface area (Å²) < 4.78 is 0. The lowest BCUT2D eigenvalue weighted by Gasteiger charge is -2.11. The van der Waals surface area contributed by atoms with Crippen LogP contribution in [0.25, 0.3) is 11.3 Å².